The van der Waals surface area contributed by atoms with E-state index >= 15 is 0 Å². The maximum atomic E-state index is 12.5. The first-order chi connectivity index (χ1) is 12.0. The summed E-state index contributed by atoms with van der Waals surface area (Å²) in [6.45, 7) is 0. The number of thiocarbonyl (C=S) groups is 1. The van der Waals surface area contributed by atoms with Gasteiger partial charge in [0.25, 0.3) is 5.91 Å². The van der Waals surface area contributed by atoms with E-state index in [1.54, 1.807) is 48.5 Å². The first-order valence-electron chi connectivity index (χ1n) is 7.00. The Balaban J connectivity index is 1.84. The third kappa shape index (κ3) is 4.04. The van der Waals surface area contributed by atoms with Crippen LogP contribution in [0.3, 0.4) is 0 Å². The van der Waals surface area contributed by atoms with Gasteiger partial charge in [-0.05, 0) is 48.1 Å². The van der Waals surface area contributed by atoms with Crippen LogP contribution in [0, 0.1) is 0 Å². The van der Waals surface area contributed by atoms with E-state index in [0.717, 1.165) is 22.3 Å². The van der Waals surface area contributed by atoms with Gasteiger partial charge in [0.15, 0.2) is 4.32 Å². The van der Waals surface area contributed by atoms with E-state index < -0.39 is 0 Å². The summed E-state index contributed by atoms with van der Waals surface area (Å²) in [6, 6.07) is 11.6. The molecule has 8 heteroatoms. The first kappa shape index (κ1) is 17.9. The number of carbonyl (C=O) groups is 1. The van der Waals surface area contributed by atoms with Crippen LogP contribution >= 0.6 is 47.2 Å². The summed E-state index contributed by atoms with van der Waals surface area (Å²) >= 11 is 18.5. The molecule has 0 atom stereocenters. The number of hydrogen-bond acceptors (Lipinski definition) is 5. The second kappa shape index (κ2) is 7.58. The van der Waals surface area contributed by atoms with Crippen LogP contribution in [0.15, 0.2) is 52.5 Å². The minimum Gasteiger partial charge on any atom is -0.508 e. The Morgan fingerprint density at radius 2 is 1.76 bits per heavy atom. The van der Waals surface area contributed by atoms with Gasteiger partial charge in [0.2, 0.25) is 0 Å². The van der Waals surface area contributed by atoms with E-state index in [1.807, 2.05) is 0 Å². The number of hydrazone groups is 1. The predicted octanol–water partition coefficient (Wildman–Crippen LogP) is 4.93. The van der Waals surface area contributed by atoms with Crippen LogP contribution < -0.4 is 0 Å². The Morgan fingerprint density at radius 3 is 2.40 bits per heavy atom. The lowest BCUT2D eigenvalue weighted by Gasteiger charge is -2.07. The summed E-state index contributed by atoms with van der Waals surface area (Å²) in [5, 5.41) is 15.4. The van der Waals surface area contributed by atoms with Gasteiger partial charge in [-0.1, -0.05) is 53.2 Å². The van der Waals surface area contributed by atoms with E-state index in [9.17, 15) is 9.90 Å². The van der Waals surface area contributed by atoms with E-state index in [4.69, 9.17) is 35.4 Å². The SMILES string of the molecule is O=C1/C(=C\c2ccc(O)cc2)SC(=S)N1/N=C/c1c(Cl)cccc1Cl. The molecule has 1 N–H and O–H groups in total. The fraction of sp³-hybridized carbons (Fsp3) is 0. The molecule has 0 aromatic heterocycles. The van der Waals surface area contributed by atoms with Gasteiger partial charge in [-0.3, -0.25) is 4.79 Å². The van der Waals surface area contributed by atoms with Crippen molar-refractivity contribution >= 4 is 69.7 Å². The fourth-order valence-electron chi connectivity index (χ4n) is 2.03. The predicted molar refractivity (Wildman–Crippen MR) is 107 cm³/mol. The highest BCUT2D eigenvalue weighted by atomic mass is 35.5. The van der Waals surface area contributed by atoms with Crippen LogP contribution in [0.2, 0.25) is 10.0 Å². The molecular formula is C17H10Cl2N2O2S2. The van der Waals surface area contributed by atoms with Gasteiger partial charge in [0.1, 0.15) is 5.75 Å². The average molecular weight is 409 g/mol. The number of nitrogens with zero attached hydrogens (tertiary/aromatic N) is 2. The molecular weight excluding hydrogens is 399 g/mol. The molecule has 4 nitrogen and oxygen atoms in total. The number of aromatic hydroxyl groups is 1. The van der Waals surface area contributed by atoms with Crippen LogP contribution in [-0.4, -0.2) is 26.6 Å². The molecule has 0 spiro atoms. The van der Waals surface area contributed by atoms with E-state index in [2.05, 4.69) is 5.10 Å². The van der Waals surface area contributed by atoms with Crippen molar-refractivity contribution in [2.75, 3.05) is 0 Å². The van der Waals surface area contributed by atoms with Crippen molar-refractivity contribution in [3.63, 3.8) is 0 Å². The number of hydrogen-bond donors (Lipinski definition) is 1. The zero-order valence-corrected chi connectivity index (χ0v) is 15.7. The molecule has 1 aliphatic heterocycles. The minimum atomic E-state index is -0.331. The molecule has 25 heavy (non-hydrogen) atoms. The summed E-state index contributed by atoms with van der Waals surface area (Å²) in [4.78, 5) is 12.9. The number of rotatable bonds is 3. The molecule has 1 aliphatic rings. The Bertz CT molecular complexity index is 891. The number of carbonyl (C=O) groups excluding carboxylic acids is 1. The van der Waals surface area contributed by atoms with Gasteiger partial charge in [0, 0.05) is 5.56 Å². The fourth-order valence-corrected chi connectivity index (χ4v) is 3.70. The third-order valence-corrected chi connectivity index (χ3v) is 5.21. The third-order valence-electron chi connectivity index (χ3n) is 3.27. The first-order valence-corrected chi connectivity index (χ1v) is 8.99. The van der Waals surface area contributed by atoms with Crippen molar-refractivity contribution in [2.24, 2.45) is 5.10 Å². The molecule has 2 aromatic rings. The van der Waals surface area contributed by atoms with Crippen molar-refractivity contribution in [1.82, 2.24) is 5.01 Å². The molecule has 1 saturated heterocycles. The minimum absolute atomic E-state index is 0.158. The van der Waals surface area contributed by atoms with Crippen LogP contribution in [0.4, 0.5) is 0 Å². The van der Waals surface area contributed by atoms with Gasteiger partial charge in [-0.25, -0.2) is 0 Å². The van der Waals surface area contributed by atoms with Crippen molar-refractivity contribution in [3.05, 3.63) is 68.5 Å². The number of phenolic OH excluding ortho intramolecular Hbond substituents is 1. The number of amides is 1. The monoisotopic (exact) mass is 408 g/mol. The molecule has 0 aliphatic carbocycles. The lowest BCUT2D eigenvalue weighted by molar-refractivity contribution is -0.122. The van der Waals surface area contributed by atoms with Gasteiger partial charge in [-0.15, -0.1) is 0 Å². The van der Waals surface area contributed by atoms with Gasteiger partial charge >= 0.3 is 0 Å². The van der Waals surface area contributed by atoms with Crippen molar-refractivity contribution < 1.29 is 9.90 Å². The quantitative estimate of drug-likeness (QED) is 0.444. The topological polar surface area (TPSA) is 52.9 Å². The van der Waals surface area contributed by atoms with Crippen LogP contribution in [-0.2, 0) is 4.79 Å². The van der Waals surface area contributed by atoms with Crippen LogP contribution in [0.1, 0.15) is 11.1 Å². The Kier molecular flexibility index (Phi) is 5.44. The highest BCUT2D eigenvalue weighted by molar-refractivity contribution is 8.26. The maximum absolute atomic E-state index is 12.5. The summed E-state index contributed by atoms with van der Waals surface area (Å²) in [7, 11) is 0. The average Bonchev–Trinajstić information content (AvgIpc) is 2.83. The summed E-state index contributed by atoms with van der Waals surface area (Å²) in [5.74, 6) is -0.173. The Hall–Kier alpha value is -1.86. The highest BCUT2D eigenvalue weighted by Gasteiger charge is 2.32. The number of halogens is 2. The Morgan fingerprint density at radius 1 is 1.12 bits per heavy atom. The molecule has 0 saturated carbocycles. The smallest absolute Gasteiger partial charge is 0.286 e. The molecule has 1 fully saturated rings. The standard InChI is InChI=1S/C17H10Cl2N2O2S2/c18-13-2-1-3-14(19)12(13)9-20-21-16(23)15(25-17(21)24)8-10-4-6-11(22)7-5-10/h1-9,22H/b15-8+,20-9+. The van der Waals surface area contributed by atoms with E-state index in [0.29, 0.717) is 24.8 Å². The molecule has 2 aromatic carbocycles. The van der Waals surface area contributed by atoms with Crippen molar-refractivity contribution in [1.29, 1.82) is 0 Å². The zero-order chi connectivity index (χ0) is 18.0. The van der Waals surface area contributed by atoms with Crippen molar-refractivity contribution in [2.45, 2.75) is 0 Å². The van der Waals surface area contributed by atoms with Crippen LogP contribution in [0.25, 0.3) is 6.08 Å². The highest BCUT2D eigenvalue weighted by Crippen LogP contribution is 2.33. The molecule has 126 valence electrons. The second-order valence-corrected chi connectivity index (χ2v) is 7.46. The summed E-state index contributed by atoms with van der Waals surface area (Å²) < 4.78 is 0.314. The molecule has 1 amide bonds. The number of phenols is 1. The van der Waals surface area contributed by atoms with Gasteiger partial charge < -0.3 is 5.11 Å². The second-order valence-electron chi connectivity index (χ2n) is 4.96. The summed E-state index contributed by atoms with van der Waals surface area (Å²) in [5.41, 5.74) is 1.29. The number of thioether (sulfide) groups is 1. The number of benzene rings is 2. The molecule has 0 radical (unpaired) electrons. The van der Waals surface area contributed by atoms with Gasteiger partial charge in [0.05, 0.1) is 21.2 Å². The van der Waals surface area contributed by atoms with Gasteiger partial charge in [-0.2, -0.15) is 10.1 Å². The Labute approximate surface area is 163 Å². The molecule has 1 heterocycles. The lowest BCUT2D eigenvalue weighted by Crippen LogP contribution is -2.22. The van der Waals surface area contributed by atoms with E-state index in [1.165, 1.54) is 6.21 Å². The molecule has 0 bridgehead atoms. The maximum Gasteiger partial charge on any atom is 0.286 e. The van der Waals surface area contributed by atoms with Crippen molar-refractivity contribution in [3.8, 4) is 5.75 Å². The summed E-state index contributed by atoms with van der Waals surface area (Å²) in [6.07, 6.45) is 3.11. The molecule has 3 rings (SSSR count). The van der Waals surface area contributed by atoms with E-state index in [-0.39, 0.29) is 11.7 Å². The zero-order valence-electron chi connectivity index (χ0n) is 12.5. The normalized spacial score (nSPS) is 16.4. The largest absolute Gasteiger partial charge is 0.508 e. The van der Waals surface area contributed by atoms with Crippen LogP contribution in [0.5, 0.6) is 5.75 Å². The molecule has 0 unspecified atom stereocenters. The lowest BCUT2D eigenvalue weighted by atomic mass is 10.2.